The van der Waals surface area contributed by atoms with Gasteiger partial charge in [0.2, 0.25) is 5.91 Å². The summed E-state index contributed by atoms with van der Waals surface area (Å²) in [6.07, 6.45) is 0.761. The highest BCUT2D eigenvalue weighted by molar-refractivity contribution is 5.99. The second-order valence-electron chi connectivity index (χ2n) is 9.70. The standard InChI is InChI=1S/C27H32FN3O4/c1-18(2)16-29-24(32)23-17-35-27(31(23)25(33)20-8-10-21(28)11-9-20)12-14-30(15-13-27)26(34)22-7-5-4-6-19(22)3/h4-11,18,23H,12-17H2,1-3H3,(H,29,32). The molecule has 4 rings (SSSR count). The molecule has 35 heavy (non-hydrogen) atoms. The predicted octanol–water partition coefficient (Wildman–Crippen LogP) is 3.38. The van der Waals surface area contributed by atoms with Gasteiger partial charge in [-0.15, -0.1) is 0 Å². The number of carbonyl (C=O) groups excluding carboxylic acids is 3. The van der Waals surface area contributed by atoms with E-state index in [1.165, 1.54) is 29.2 Å². The molecule has 0 bridgehead atoms. The number of likely N-dealkylation sites (tertiary alicyclic amines) is 1. The van der Waals surface area contributed by atoms with Gasteiger partial charge in [0.05, 0.1) is 6.61 Å². The number of halogens is 1. The summed E-state index contributed by atoms with van der Waals surface area (Å²) in [5.74, 6) is -0.899. The molecule has 0 aliphatic carbocycles. The van der Waals surface area contributed by atoms with Gasteiger partial charge in [-0.05, 0) is 48.7 Å². The maximum Gasteiger partial charge on any atom is 0.256 e. The van der Waals surface area contributed by atoms with Gasteiger partial charge in [0.15, 0.2) is 0 Å². The second kappa shape index (κ2) is 10.2. The molecule has 7 nitrogen and oxygen atoms in total. The lowest BCUT2D eigenvalue weighted by Gasteiger charge is -2.44. The fourth-order valence-electron chi connectivity index (χ4n) is 4.76. The molecule has 0 aromatic heterocycles. The van der Waals surface area contributed by atoms with Crippen LogP contribution in [-0.2, 0) is 9.53 Å². The van der Waals surface area contributed by atoms with Gasteiger partial charge >= 0.3 is 0 Å². The quantitative estimate of drug-likeness (QED) is 0.710. The summed E-state index contributed by atoms with van der Waals surface area (Å²) in [5, 5.41) is 2.91. The van der Waals surface area contributed by atoms with Gasteiger partial charge in [0, 0.05) is 43.6 Å². The molecule has 1 atom stereocenters. The van der Waals surface area contributed by atoms with E-state index in [9.17, 15) is 18.8 Å². The molecular formula is C27H32FN3O4. The molecule has 1 spiro atoms. The summed E-state index contributed by atoms with van der Waals surface area (Å²) in [6.45, 7) is 7.23. The van der Waals surface area contributed by atoms with Gasteiger partial charge in [-0.25, -0.2) is 4.39 Å². The maximum absolute atomic E-state index is 13.6. The topological polar surface area (TPSA) is 79.0 Å². The highest BCUT2D eigenvalue weighted by Gasteiger charge is 2.54. The Hall–Kier alpha value is -3.26. The monoisotopic (exact) mass is 481 g/mol. The molecule has 3 amide bonds. The third kappa shape index (κ3) is 5.07. The van der Waals surface area contributed by atoms with Gasteiger partial charge in [-0.2, -0.15) is 0 Å². The number of hydrogen-bond acceptors (Lipinski definition) is 4. The van der Waals surface area contributed by atoms with Gasteiger partial charge in [0.25, 0.3) is 11.8 Å². The summed E-state index contributed by atoms with van der Waals surface area (Å²) in [7, 11) is 0. The fourth-order valence-corrected chi connectivity index (χ4v) is 4.76. The second-order valence-corrected chi connectivity index (χ2v) is 9.70. The van der Waals surface area contributed by atoms with Crippen molar-refractivity contribution in [3.8, 4) is 0 Å². The molecule has 2 aromatic carbocycles. The molecule has 2 aliphatic rings. The zero-order valence-corrected chi connectivity index (χ0v) is 20.4. The van der Waals surface area contributed by atoms with Crippen molar-refractivity contribution in [3.63, 3.8) is 0 Å². The van der Waals surface area contributed by atoms with E-state index in [2.05, 4.69) is 5.32 Å². The molecule has 1 N–H and O–H groups in total. The average molecular weight is 482 g/mol. The maximum atomic E-state index is 13.6. The first-order chi connectivity index (χ1) is 16.7. The Morgan fingerprint density at radius 2 is 1.71 bits per heavy atom. The summed E-state index contributed by atoms with van der Waals surface area (Å²) in [5.41, 5.74) is 0.843. The predicted molar refractivity (Wildman–Crippen MR) is 129 cm³/mol. The molecule has 8 heteroatoms. The Bertz CT molecular complexity index is 1090. The zero-order valence-electron chi connectivity index (χ0n) is 20.4. The molecule has 0 saturated carbocycles. The van der Waals surface area contributed by atoms with Crippen LogP contribution in [0.15, 0.2) is 48.5 Å². The highest BCUT2D eigenvalue weighted by Crippen LogP contribution is 2.39. The van der Waals surface area contributed by atoms with Crippen molar-refractivity contribution in [1.29, 1.82) is 0 Å². The molecule has 2 saturated heterocycles. The molecule has 0 radical (unpaired) electrons. The summed E-state index contributed by atoms with van der Waals surface area (Å²) in [6, 6.07) is 12.0. The number of nitrogens with zero attached hydrogens (tertiary/aromatic N) is 2. The van der Waals surface area contributed by atoms with Gasteiger partial charge in [-0.3, -0.25) is 19.3 Å². The molecule has 2 fully saturated rings. The summed E-state index contributed by atoms with van der Waals surface area (Å²) >= 11 is 0. The molecule has 2 aromatic rings. The molecule has 2 aliphatic heterocycles. The van der Waals surface area contributed by atoms with E-state index in [0.29, 0.717) is 38.0 Å². The van der Waals surface area contributed by atoms with Crippen molar-refractivity contribution < 1.29 is 23.5 Å². The Morgan fingerprint density at radius 1 is 1.06 bits per heavy atom. The van der Waals surface area contributed by atoms with Crippen LogP contribution < -0.4 is 5.32 Å². The van der Waals surface area contributed by atoms with Gasteiger partial charge in [-0.1, -0.05) is 32.0 Å². The number of ether oxygens (including phenoxy) is 1. The van der Waals surface area contributed by atoms with Crippen molar-refractivity contribution in [3.05, 3.63) is 71.0 Å². The van der Waals surface area contributed by atoms with Crippen LogP contribution in [-0.4, -0.2) is 65.5 Å². The van der Waals surface area contributed by atoms with Crippen LogP contribution in [0.1, 0.15) is 53.0 Å². The minimum absolute atomic E-state index is 0.0569. The lowest BCUT2D eigenvalue weighted by atomic mass is 9.95. The van der Waals surface area contributed by atoms with E-state index < -0.39 is 17.6 Å². The number of aryl methyl sites for hydroxylation is 1. The van der Waals surface area contributed by atoms with E-state index in [4.69, 9.17) is 4.74 Å². The van der Waals surface area contributed by atoms with Crippen molar-refractivity contribution in [1.82, 2.24) is 15.1 Å². The first kappa shape index (κ1) is 24.9. The van der Waals surface area contributed by atoms with Crippen LogP contribution in [0.4, 0.5) is 4.39 Å². The lowest BCUT2D eigenvalue weighted by Crippen LogP contribution is -2.60. The first-order valence-electron chi connectivity index (χ1n) is 12.1. The molecule has 2 heterocycles. The lowest BCUT2D eigenvalue weighted by molar-refractivity contribution is -0.128. The summed E-state index contributed by atoms with van der Waals surface area (Å²) in [4.78, 5) is 43.1. The van der Waals surface area contributed by atoms with Crippen LogP contribution in [0.25, 0.3) is 0 Å². The van der Waals surface area contributed by atoms with Crippen LogP contribution in [0.3, 0.4) is 0 Å². The van der Waals surface area contributed by atoms with Crippen LogP contribution in [0, 0.1) is 18.7 Å². The van der Waals surface area contributed by atoms with E-state index in [-0.39, 0.29) is 35.8 Å². The van der Waals surface area contributed by atoms with Crippen LogP contribution in [0.5, 0.6) is 0 Å². The number of rotatable bonds is 5. The van der Waals surface area contributed by atoms with E-state index >= 15 is 0 Å². The van der Waals surface area contributed by atoms with Gasteiger partial charge < -0.3 is 15.0 Å². The SMILES string of the molecule is Cc1ccccc1C(=O)N1CCC2(CC1)OCC(C(=O)NCC(C)C)N2C(=O)c1ccc(F)cc1. The fraction of sp³-hybridized carbons (Fsp3) is 0.444. The Kier molecular flexibility index (Phi) is 7.21. The first-order valence-corrected chi connectivity index (χ1v) is 12.1. The van der Waals surface area contributed by atoms with Crippen molar-refractivity contribution in [2.24, 2.45) is 5.92 Å². The van der Waals surface area contributed by atoms with E-state index in [0.717, 1.165) is 5.56 Å². The van der Waals surface area contributed by atoms with Crippen LogP contribution >= 0.6 is 0 Å². The Balaban J connectivity index is 1.57. The van der Waals surface area contributed by atoms with Crippen molar-refractivity contribution >= 4 is 17.7 Å². The number of hydrogen-bond donors (Lipinski definition) is 1. The Labute approximate surface area is 205 Å². The molecule has 1 unspecified atom stereocenters. The third-order valence-electron chi connectivity index (χ3n) is 6.77. The van der Waals surface area contributed by atoms with Crippen molar-refractivity contribution in [2.75, 3.05) is 26.2 Å². The number of amides is 3. The van der Waals surface area contributed by atoms with E-state index in [1.54, 1.807) is 4.90 Å². The number of carbonyl (C=O) groups is 3. The van der Waals surface area contributed by atoms with E-state index in [1.807, 2.05) is 45.0 Å². The number of piperidine rings is 1. The van der Waals surface area contributed by atoms with Crippen LogP contribution in [0.2, 0.25) is 0 Å². The number of nitrogens with one attached hydrogen (secondary N) is 1. The van der Waals surface area contributed by atoms with Gasteiger partial charge in [0.1, 0.15) is 17.6 Å². The smallest absolute Gasteiger partial charge is 0.256 e. The molecule has 186 valence electrons. The molecular weight excluding hydrogens is 449 g/mol. The van der Waals surface area contributed by atoms with Crippen molar-refractivity contribution in [2.45, 2.75) is 45.4 Å². The Morgan fingerprint density at radius 3 is 2.34 bits per heavy atom. The normalized spacial score (nSPS) is 19.3. The minimum atomic E-state index is -1.01. The average Bonchev–Trinajstić information content (AvgIpc) is 3.21. The summed E-state index contributed by atoms with van der Waals surface area (Å²) < 4.78 is 19.7. The largest absolute Gasteiger partial charge is 0.354 e. The highest BCUT2D eigenvalue weighted by atomic mass is 19.1. The number of benzene rings is 2. The third-order valence-corrected chi connectivity index (χ3v) is 6.77. The minimum Gasteiger partial charge on any atom is -0.354 e. The zero-order chi connectivity index (χ0) is 25.2.